The number of carbonyl (C=O) groups excluding carboxylic acids is 1. The predicted molar refractivity (Wildman–Crippen MR) is 108 cm³/mol. The lowest BCUT2D eigenvalue weighted by Crippen LogP contribution is -2.46. The Hall–Kier alpha value is -2.24. The standard InChI is InChI=1S/C21H32N4O2/c1-25(2)20(26)15-23-21(24-19-14-16-9-10-17(19)13-16)22-11-6-12-27-18-7-4-3-5-8-18/h3-5,7-8,16-17,19H,6,9-15H2,1-2H3,(H2,22,23,24). The van der Waals surface area contributed by atoms with Gasteiger partial charge < -0.3 is 20.3 Å². The molecule has 2 fully saturated rings. The zero-order chi connectivity index (χ0) is 19.1. The number of benzene rings is 1. The summed E-state index contributed by atoms with van der Waals surface area (Å²) in [6.45, 7) is 1.58. The van der Waals surface area contributed by atoms with Gasteiger partial charge in [0.15, 0.2) is 5.96 Å². The third-order valence-electron chi connectivity index (χ3n) is 5.56. The van der Waals surface area contributed by atoms with Crippen LogP contribution in [0.4, 0.5) is 0 Å². The number of hydrogen-bond donors (Lipinski definition) is 2. The summed E-state index contributed by atoms with van der Waals surface area (Å²) in [5.41, 5.74) is 0. The maximum atomic E-state index is 11.9. The van der Waals surface area contributed by atoms with Crippen molar-refractivity contribution in [1.82, 2.24) is 15.5 Å². The van der Waals surface area contributed by atoms with E-state index < -0.39 is 0 Å². The van der Waals surface area contributed by atoms with E-state index in [-0.39, 0.29) is 12.5 Å². The second kappa shape index (κ2) is 9.62. The first-order valence-corrected chi connectivity index (χ1v) is 10.0. The first-order valence-electron chi connectivity index (χ1n) is 10.0. The first-order chi connectivity index (χ1) is 13.1. The number of guanidine groups is 1. The summed E-state index contributed by atoms with van der Waals surface area (Å²) in [5, 5.41) is 6.95. The van der Waals surface area contributed by atoms with Gasteiger partial charge in [-0.15, -0.1) is 0 Å². The van der Waals surface area contributed by atoms with Crippen LogP contribution in [0, 0.1) is 11.8 Å². The van der Waals surface area contributed by atoms with E-state index in [2.05, 4.69) is 15.6 Å². The Bertz CT molecular complexity index is 632. The summed E-state index contributed by atoms with van der Waals surface area (Å²) in [5.74, 6) is 3.28. The fourth-order valence-corrected chi connectivity index (χ4v) is 4.02. The highest BCUT2D eigenvalue weighted by atomic mass is 16.5. The second-order valence-corrected chi connectivity index (χ2v) is 7.82. The van der Waals surface area contributed by atoms with Crippen molar-refractivity contribution in [2.75, 3.05) is 33.8 Å². The van der Waals surface area contributed by atoms with Crippen molar-refractivity contribution in [2.24, 2.45) is 16.8 Å². The highest BCUT2D eigenvalue weighted by molar-refractivity contribution is 5.85. The number of likely N-dealkylation sites (N-methyl/N-ethyl adjacent to an activating group) is 1. The summed E-state index contributed by atoms with van der Waals surface area (Å²) in [4.78, 5) is 18.0. The number of carbonyl (C=O) groups is 1. The number of ether oxygens (including phenoxy) is 1. The molecule has 0 radical (unpaired) electrons. The van der Waals surface area contributed by atoms with Crippen LogP contribution in [0.5, 0.6) is 5.75 Å². The largest absolute Gasteiger partial charge is 0.494 e. The quantitative estimate of drug-likeness (QED) is 0.417. The molecule has 2 bridgehead atoms. The number of nitrogens with one attached hydrogen (secondary N) is 2. The summed E-state index contributed by atoms with van der Waals surface area (Å²) in [6, 6.07) is 10.3. The van der Waals surface area contributed by atoms with Gasteiger partial charge in [-0.05, 0) is 49.7 Å². The molecule has 3 unspecified atom stereocenters. The molecule has 1 amide bonds. The summed E-state index contributed by atoms with van der Waals surface area (Å²) < 4.78 is 5.73. The summed E-state index contributed by atoms with van der Waals surface area (Å²) in [6.07, 6.45) is 6.13. The average molecular weight is 373 g/mol. The molecule has 1 aromatic rings. The number of nitrogens with zero attached hydrogens (tertiary/aromatic N) is 2. The Balaban J connectivity index is 1.45. The van der Waals surface area contributed by atoms with E-state index in [4.69, 9.17) is 4.74 Å². The van der Waals surface area contributed by atoms with Crippen LogP contribution >= 0.6 is 0 Å². The smallest absolute Gasteiger partial charge is 0.243 e. The van der Waals surface area contributed by atoms with Crippen molar-refractivity contribution in [3.05, 3.63) is 30.3 Å². The van der Waals surface area contributed by atoms with Gasteiger partial charge in [0.2, 0.25) is 5.91 Å². The van der Waals surface area contributed by atoms with Gasteiger partial charge in [0.25, 0.3) is 0 Å². The number of rotatable bonds is 8. The van der Waals surface area contributed by atoms with Crippen LogP contribution in [0.1, 0.15) is 32.1 Å². The molecule has 0 saturated heterocycles. The van der Waals surface area contributed by atoms with Crippen LogP contribution in [-0.2, 0) is 4.79 Å². The minimum absolute atomic E-state index is 0.0106. The van der Waals surface area contributed by atoms with Crippen LogP contribution in [0.25, 0.3) is 0 Å². The van der Waals surface area contributed by atoms with Gasteiger partial charge in [-0.1, -0.05) is 24.6 Å². The summed E-state index contributed by atoms with van der Waals surface area (Å²) in [7, 11) is 3.52. The van der Waals surface area contributed by atoms with E-state index in [9.17, 15) is 4.79 Å². The molecule has 2 N–H and O–H groups in total. The molecule has 1 aromatic carbocycles. The molecule has 148 valence electrons. The number of amides is 1. The topological polar surface area (TPSA) is 66.0 Å². The Kier molecular flexibility index (Phi) is 6.96. The zero-order valence-corrected chi connectivity index (χ0v) is 16.5. The maximum absolute atomic E-state index is 11.9. The number of hydrogen-bond acceptors (Lipinski definition) is 3. The molecule has 0 heterocycles. The van der Waals surface area contributed by atoms with E-state index in [1.807, 2.05) is 30.3 Å². The molecule has 0 aliphatic heterocycles. The van der Waals surface area contributed by atoms with Gasteiger partial charge in [-0.3, -0.25) is 4.79 Å². The molecular weight excluding hydrogens is 340 g/mol. The molecule has 2 aliphatic carbocycles. The number of para-hydroxylation sites is 1. The number of aliphatic imine (C=N–C) groups is 1. The highest BCUT2D eigenvalue weighted by Crippen LogP contribution is 2.44. The average Bonchev–Trinajstić information content (AvgIpc) is 3.29. The molecule has 6 heteroatoms. The Morgan fingerprint density at radius 2 is 2.04 bits per heavy atom. The Morgan fingerprint density at radius 1 is 1.22 bits per heavy atom. The maximum Gasteiger partial charge on any atom is 0.243 e. The van der Waals surface area contributed by atoms with E-state index in [1.54, 1.807) is 19.0 Å². The third-order valence-corrected chi connectivity index (χ3v) is 5.56. The molecule has 0 spiro atoms. The van der Waals surface area contributed by atoms with E-state index >= 15 is 0 Å². The third kappa shape index (κ3) is 5.88. The minimum Gasteiger partial charge on any atom is -0.494 e. The van der Waals surface area contributed by atoms with Crippen molar-refractivity contribution >= 4 is 11.9 Å². The molecule has 27 heavy (non-hydrogen) atoms. The van der Waals surface area contributed by atoms with Crippen molar-refractivity contribution < 1.29 is 9.53 Å². The van der Waals surface area contributed by atoms with Gasteiger partial charge >= 0.3 is 0 Å². The van der Waals surface area contributed by atoms with Crippen molar-refractivity contribution in [3.63, 3.8) is 0 Å². The van der Waals surface area contributed by atoms with Crippen LogP contribution in [0.15, 0.2) is 35.3 Å². The fraction of sp³-hybridized carbons (Fsp3) is 0.619. The van der Waals surface area contributed by atoms with Crippen LogP contribution in [0.3, 0.4) is 0 Å². The molecule has 2 saturated carbocycles. The zero-order valence-electron chi connectivity index (χ0n) is 16.5. The Morgan fingerprint density at radius 3 is 2.70 bits per heavy atom. The van der Waals surface area contributed by atoms with Crippen LogP contribution in [0.2, 0.25) is 0 Å². The minimum atomic E-state index is 0.0106. The van der Waals surface area contributed by atoms with Crippen LogP contribution in [-0.4, -0.2) is 56.6 Å². The van der Waals surface area contributed by atoms with Gasteiger partial charge in [0.1, 0.15) is 12.3 Å². The second-order valence-electron chi connectivity index (χ2n) is 7.82. The van der Waals surface area contributed by atoms with Crippen molar-refractivity contribution in [2.45, 2.75) is 38.1 Å². The van der Waals surface area contributed by atoms with Gasteiger partial charge in [-0.2, -0.15) is 0 Å². The van der Waals surface area contributed by atoms with Gasteiger partial charge in [0, 0.05) is 26.7 Å². The summed E-state index contributed by atoms with van der Waals surface area (Å²) >= 11 is 0. The lowest BCUT2D eigenvalue weighted by atomic mass is 9.95. The predicted octanol–water partition coefficient (Wildman–Crippen LogP) is 2.27. The Labute approximate surface area is 162 Å². The molecule has 0 aromatic heterocycles. The highest BCUT2D eigenvalue weighted by Gasteiger charge is 2.39. The van der Waals surface area contributed by atoms with Crippen molar-refractivity contribution in [1.29, 1.82) is 0 Å². The number of fused-ring (bicyclic) bond motifs is 2. The lowest BCUT2D eigenvalue weighted by Gasteiger charge is -2.25. The van der Waals surface area contributed by atoms with Gasteiger partial charge in [0.05, 0.1) is 6.61 Å². The van der Waals surface area contributed by atoms with Gasteiger partial charge in [-0.25, -0.2) is 4.99 Å². The molecule has 3 rings (SSSR count). The SMILES string of the molecule is CN(C)C(=O)CN=C(NCCCOc1ccccc1)NC1CC2CCC1C2. The fourth-order valence-electron chi connectivity index (χ4n) is 4.02. The normalized spacial score (nSPS) is 23.9. The molecule has 6 nitrogen and oxygen atoms in total. The van der Waals surface area contributed by atoms with Crippen molar-refractivity contribution in [3.8, 4) is 5.75 Å². The molecule has 2 aliphatic rings. The van der Waals surface area contributed by atoms with E-state index in [0.717, 1.165) is 36.5 Å². The van der Waals surface area contributed by atoms with Crippen LogP contribution < -0.4 is 15.4 Å². The molecule has 3 atom stereocenters. The van der Waals surface area contributed by atoms with E-state index in [0.29, 0.717) is 12.6 Å². The lowest BCUT2D eigenvalue weighted by molar-refractivity contribution is -0.127. The molecular formula is C21H32N4O2. The van der Waals surface area contributed by atoms with E-state index in [1.165, 1.54) is 25.7 Å². The first kappa shape index (κ1) is 19.5. The monoisotopic (exact) mass is 372 g/mol.